The Kier molecular flexibility index (Phi) is 56.0. The minimum absolute atomic E-state index is 0.0435. The van der Waals surface area contributed by atoms with E-state index in [1.165, 1.54) is 19.8 Å². The molecule has 2 rings (SSSR count). The number of hydrogen-bond donors (Lipinski definition) is 3. The van der Waals surface area contributed by atoms with Gasteiger partial charge in [-0.15, -0.1) is 0 Å². The maximum Gasteiger partial charge on any atom is 0.407 e. The number of hydrogen-bond acceptors (Lipinski definition) is 18. The molecule has 0 aliphatic carbocycles. The molecule has 2 aliphatic rings. The molecule has 0 bridgehead atoms. The lowest BCUT2D eigenvalue weighted by Crippen LogP contribution is -2.37. The molecule has 93 heavy (non-hydrogen) atoms. The number of amides is 3. The number of rotatable bonds is 27. The number of ether oxygens (including phenoxy) is 8. The van der Waals surface area contributed by atoms with Gasteiger partial charge in [-0.3, -0.25) is 38.4 Å². The van der Waals surface area contributed by atoms with E-state index in [0.29, 0.717) is 69.8 Å². The summed E-state index contributed by atoms with van der Waals surface area (Å²) < 4.78 is 38.7. The minimum atomic E-state index is -0.722. The van der Waals surface area contributed by atoms with Crippen molar-refractivity contribution in [2.24, 2.45) is 32.5 Å². The summed E-state index contributed by atoms with van der Waals surface area (Å²) in [6, 6.07) is 0.894. The van der Waals surface area contributed by atoms with Crippen LogP contribution < -0.4 is 5.32 Å². The van der Waals surface area contributed by atoms with Gasteiger partial charge in [-0.25, -0.2) is 9.59 Å². The van der Waals surface area contributed by atoms with Crippen LogP contribution in [-0.2, 0) is 81.0 Å². The van der Waals surface area contributed by atoms with Gasteiger partial charge in [0.2, 0.25) is 11.8 Å². The number of alkyl carbamates (subject to hydrolysis) is 1. The van der Waals surface area contributed by atoms with E-state index in [-0.39, 0.29) is 66.6 Å². The molecule has 546 valence electrons. The molecular weight excluding hydrogens is 1200 g/mol. The molecule has 0 saturated carbocycles. The van der Waals surface area contributed by atoms with E-state index in [9.17, 15) is 47.9 Å². The molecule has 2 fully saturated rings. The van der Waals surface area contributed by atoms with Crippen LogP contribution in [0.1, 0.15) is 236 Å². The van der Waals surface area contributed by atoms with Gasteiger partial charge in [0.1, 0.15) is 39.6 Å². The number of nitrogens with zero attached hydrogens (tertiary/aromatic N) is 2. The van der Waals surface area contributed by atoms with Crippen LogP contribution in [0.5, 0.6) is 0 Å². The summed E-state index contributed by atoms with van der Waals surface area (Å²) in [7, 11) is 3.16. The van der Waals surface area contributed by atoms with Crippen molar-refractivity contribution in [3.05, 3.63) is 24.8 Å². The van der Waals surface area contributed by atoms with Crippen molar-refractivity contribution in [2.45, 2.75) is 248 Å². The average molecular weight is 1330 g/mol. The molecule has 0 aromatic rings. The van der Waals surface area contributed by atoms with Crippen LogP contribution in [0.2, 0.25) is 0 Å². The number of carboxylic acid groups (broad SMARTS) is 2. The highest BCUT2D eigenvalue weighted by Crippen LogP contribution is 2.23. The van der Waals surface area contributed by atoms with E-state index in [4.69, 9.17) is 48.1 Å². The maximum absolute atomic E-state index is 11.5. The summed E-state index contributed by atoms with van der Waals surface area (Å²) in [4.78, 5) is 114. The fourth-order valence-corrected chi connectivity index (χ4v) is 5.77. The SMILES string of the molecule is C=C(C)C(=O)OCCOC(=O)NCCOC(=O)C(C)(C)C.C=CCOC(=O)C(C)(C)C.CCC(C)(C)C(=O)O.CCC(C)(C)C(=O)O.CCC(C)(C)C(=O)OCCOC.CCC(C)(C)C(=O)OCCOC.CCC(C)N1CCCC1=O.CCC(C)N1CCCCCC1=O. The van der Waals surface area contributed by atoms with Crippen LogP contribution in [0.15, 0.2) is 24.8 Å². The second-order valence-corrected chi connectivity index (χ2v) is 26.9. The van der Waals surface area contributed by atoms with E-state index >= 15 is 0 Å². The van der Waals surface area contributed by atoms with Gasteiger partial charge in [-0.1, -0.05) is 67.2 Å². The van der Waals surface area contributed by atoms with Gasteiger partial charge in [0.15, 0.2) is 0 Å². The highest BCUT2D eigenvalue weighted by molar-refractivity contribution is 5.87. The fourth-order valence-electron chi connectivity index (χ4n) is 5.77. The van der Waals surface area contributed by atoms with Crippen molar-refractivity contribution in [1.29, 1.82) is 0 Å². The van der Waals surface area contributed by atoms with Crippen LogP contribution in [0.3, 0.4) is 0 Å². The number of carbonyl (C=O) groups is 10. The van der Waals surface area contributed by atoms with Crippen molar-refractivity contribution >= 4 is 59.7 Å². The van der Waals surface area contributed by atoms with Gasteiger partial charge < -0.3 is 63.2 Å². The van der Waals surface area contributed by atoms with Crippen molar-refractivity contribution in [1.82, 2.24) is 15.1 Å². The Morgan fingerprint density at radius 3 is 1.15 bits per heavy atom. The lowest BCUT2D eigenvalue weighted by molar-refractivity contribution is -0.156. The molecule has 3 N–H and O–H groups in total. The Bertz CT molecular complexity index is 2100. The third-order valence-electron chi connectivity index (χ3n) is 14.9. The molecule has 23 heteroatoms. The van der Waals surface area contributed by atoms with E-state index in [2.05, 4.69) is 46.2 Å². The number of esters is 5. The first-order valence-electron chi connectivity index (χ1n) is 32.8. The molecule has 2 aliphatic heterocycles. The van der Waals surface area contributed by atoms with Gasteiger partial charge >= 0.3 is 47.9 Å². The first kappa shape index (κ1) is 98.0. The molecule has 0 aromatic heterocycles. The molecule has 0 aromatic carbocycles. The van der Waals surface area contributed by atoms with Crippen LogP contribution in [0.4, 0.5) is 4.79 Å². The zero-order valence-corrected chi connectivity index (χ0v) is 62.5. The summed E-state index contributed by atoms with van der Waals surface area (Å²) in [5.41, 5.74) is -2.52. The predicted octanol–water partition coefficient (Wildman–Crippen LogP) is 13.0. The highest BCUT2D eigenvalue weighted by Gasteiger charge is 2.29. The normalized spacial score (nSPS) is 13.6. The smallest absolute Gasteiger partial charge is 0.407 e. The zero-order chi connectivity index (χ0) is 74.0. The highest BCUT2D eigenvalue weighted by atomic mass is 16.6. The molecule has 3 amide bonds. The van der Waals surface area contributed by atoms with Crippen LogP contribution in [0, 0.1) is 32.5 Å². The molecular formula is C70H131N3O20. The van der Waals surface area contributed by atoms with E-state index in [0.717, 1.165) is 64.5 Å². The number of nitrogens with one attached hydrogen (secondary N) is 1. The Morgan fingerprint density at radius 2 is 0.839 bits per heavy atom. The Hall–Kier alpha value is -6.10. The second-order valence-electron chi connectivity index (χ2n) is 26.9. The number of likely N-dealkylation sites (tertiary alicyclic amines) is 2. The first-order chi connectivity index (χ1) is 42.7. The minimum Gasteiger partial charge on any atom is -0.481 e. The second kappa shape index (κ2) is 53.2. The van der Waals surface area contributed by atoms with Gasteiger partial charge in [0, 0.05) is 57.8 Å². The molecule has 2 saturated heterocycles. The summed E-state index contributed by atoms with van der Waals surface area (Å²) in [5, 5.41) is 19.3. The Morgan fingerprint density at radius 1 is 0.495 bits per heavy atom. The molecule has 2 atom stereocenters. The first-order valence-corrected chi connectivity index (χ1v) is 32.8. The van der Waals surface area contributed by atoms with Crippen molar-refractivity contribution in [3.63, 3.8) is 0 Å². The van der Waals surface area contributed by atoms with Crippen LogP contribution >= 0.6 is 0 Å². The number of aliphatic carboxylic acids is 2. The molecule has 2 heterocycles. The third kappa shape index (κ3) is 51.9. The lowest BCUT2D eigenvalue weighted by atomic mass is 9.91. The van der Waals surface area contributed by atoms with E-state index in [1.807, 2.05) is 86.0 Å². The Balaban J connectivity index is -0.000000237. The molecule has 23 nitrogen and oxygen atoms in total. The summed E-state index contributed by atoms with van der Waals surface area (Å²) in [5.74, 6) is -2.11. The van der Waals surface area contributed by atoms with E-state index < -0.39 is 45.7 Å². The number of methoxy groups -OCH3 is 2. The van der Waals surface area contributed by atoms with Gasteiger partial charge in [0.05, 0.1) is 52.2 Å². The topological polar surface area (TPSA) is 304 Å². The number of carboxylic acids is 2. The monoisotopic (exact) mass is 1330 g/mol. The maximum atomic E-state index is 11.5. The predicted molar refractivity (Wildman–Crippen MR) is 364 cm³/mol. The van der Waals surface area contributed by atoms with Gasteiger partial charge in [-0.2, -0.15) is 0 Å². The zero-order valence-electron chi connectivity index (χ0n) is 62.5. The summed E-state index contributed by atoms with van der Waals surface area (Å²) in [6.45, 7) is 53.6. The van der Waals surface area contributed by atoms with Crippen molar-refractivity contribution in [3.8, 4) is 0 Å². The van der Waals surface area contributed by atoms with Crippen LogP contribution in [-0.4, -0.2) is 178 Å². The van der Waals surface area contributed by atoms with Gasteiger partial charge in [0.25, 0.3) is 0 Å². The van der Waals surface area contributed by atoms with Crippen LogP contribution in [0.25, 0.3) is 0 Å². The molecule has 0 radical (unpaired) electrons. The fraction of sp³-hybridized carbons (Fsp3) is 0.800. The quantitative estimate of drug-likeness (QED) is 0.0226. The number of carbonyl (C=O) groups excluding carboxylic acids is 8. The summed E-state index contributed by atoms with van der Waals surface area (Å²) in [6.07, 6.45) is 12.1. The third-order valence-corrected chi connectivity index (χ3v) is 14.9. The average Bonchev–Trinajstić information content (AvgIpc) is 2.97. The largest absolute Gasteiger partial charge is 0.481 e. The van der Waals surface area contributed by atoms with E-state index in [1.54, 1.807) is 68.8 Å². The van der Waals surface area contributed by atoms with Gasteiger partial charge in [-0.05, 0) is 175 Å². The Labute approximate surface area is 561 Å². The van der Waals surface area contributed by atoms with Crippen molar-refractivity contribution in [2.75, 3.05) is 86.7 Å². The standard InChI is InChI=1S/C14H23NO6.C10H19NO.2C9H18O3.C8H15NO.C8H14O2.2C6H12O2/c1-10(2)11(16)19-8-9-21-13(18)15-6-7-20-12(17)14(3,4)5;1-3-9(2)11-8-6-4-5-7-10(11)12;2*1-5-9(2,3)8(10)12-7-6-11-4;1-3-7(2)9-6-4-5-8(9)10;1-5-6-10-7(9)8(2,3)4;2*1-4-6(2,3)5(7)8/h1,6-9H2,2-5H3,(H,15,18);9H,3-8H2,1-2H3;2*5-7H2,1-4H3;7H,3-6H2,1-2H3;5H,1,6H2,2-4H3;2*4H2,1-3H3,(H,7,8). The summed E-state index contributed by atoms with van der Waals surface area (Å²) >= 11 is 0. The molecule has 0 spiro atoms. The van der Waals surface area contributed by atoms with Crippen molar-refractivity contribution < 1.29 is 96.1 Å². The molecule has 2 unspecified atom stereocenters. The lowest BCUT2D eigenvalue weighted by Gasteiger charge is -2.26.